The lowest BCUT2D eigenvalue weighted by Gasteiger charge is -2.10. The van der Waals surface area contributed by atoms with Crippen molar-refractivity contribution in [2.75, 3.05) is 12.4 Å². The molecule has 0 unspecified atom stereocenters. The number of carbonyl (C=O) groups excluding carboxylic acids is 2. The highest BCUT2D eigenvalue weighted by Gasteiger charge is 2.16. The third kappa shape index (κ3) is 4.71. The van der Waals surface area contributed by atoms with Crippen LogP contribution in [0, 0.1) is 0 Å². The number of hydrogen-bond acceptors (Lipinski definition) is 5. The van der Waals surface area contributed by atoms with E-state index in [2.05, 4.69) is 15.8 Å². The van der Waals surface area contributed by atoms with E-state index in [1.165, 1.54) is 19.2 Å². The molecule has 0 atom stereocenters. The fraction of sp³-hybridized carbons (Fsp3) is 0.118. The predicted molar refractivity (Wildman–Crippen MR) is 95.1 cm³/mol. The van der Waals surface area contributed by atoms with Crippen LogP contribution in [0.3, 0.4) is 0 Å². The molecule has 130 valence electrons. The van der Waals surface area contributed by atoms with Crippen LogP contribution < -0.4 is 15.5 Å². The van der Waals surface area contributed by atoms with Crippen LogP contribution >= 0.6 is 11.6 Å². The highest BCUT2D eigenvalue weighted by atomic mass is 35.5. The molecule has 0 bridgehead atoms. The molecule has 0 aromatic heterocycles. The Morgan fingerprint density at radius 2 is 1.88 bits per heavy atom. The van der Waals surface area contributed by atoms with Crippen molar-refractivity contribution in [3.63, 3.8) is 0 Å². The number of aromatic hydroxyl groups is 1. The van der Waals surface area contributed by atoms with Gasteiger partial charge in [-0.25, -0.2) is 5.43 Å². The summed E-state index contributed by atoms with van der Waals surface area (Å²) in [6.45, 7) is 1.59. The number of halogens is 1. The Hall–Kier alpha value is -3.06. The van der Waals surface area contributed by atoms with Gasteiger partial charge in [-0.1, -0.05) is 23.7 Å². The SMILES string of the molecule is COc1ccc(Cl)cc1NC(=O)C(=O)N/N=C(\C)c1ccccc1O. The van der Waals surface area contributed by atoms with Gasteiger partial charge in [0.05, 0.1) is 18.5 Å². The topological polar surface area (TPSA) is 100 Å². The maximum Gasteiger partial charge on any atom is 0.329 e. The van der Waals surface area contributed by atoms with Crippen LogP contribution in [-0.4, -0.2) is 29.7 Å². The molecule has 2 amide bonds. The average Bonchev–Trinajstić information content (AvgIpc) is 2.60. The first-order valence-corrected chi connectivity index (χ1v) is 7.57. The summed E-state index contributed by atoms with van der Waals surface area (Å²) < 4.78 is 5.09. The van der Waals surface area contributed by atoms with Crippen LogP contribution in [0.2, 0.25) is 5.02 Å². The Labute approximate surface area is 149 Å². The van der Waals surface area contributed by atoms with E-state index in [1.807, 2.05) is 0 Å². The Morgan fingerprint density at radius 3 is 2.56 bits per heavy atom. The number of phenolic OH excluding ortho intramolecular Hbond substituents is 1. The zero-order chi connectivity index (χ0) is 18.4. The number of methoxy groups -OCH3 is 1. The average molecular weight is 362 g/mol. The molecule has 0 aliphatic carbocycles. The van der Waals surface area contributed by atoms with Crippen molar-refractivity contribution in [1.82, 2.24) is 5.43 Å². The summed E-state index contributed by atoms with van der Waals surface area (Å²) >= 11 is 5.87. The van der Waals surface area contributed by atoms with Crippen LogP contribution in [0.15, 0.2) is 47.6 Å². The molecule has 8 heteroatoms. The monoisotopic (exact) mass is 361 g/mol. The standard InChI is InChI=1S/C17H16ClN3O4/c1-10(12-5-3-4-6-14(12)22)20-21-17(24)16(23)19-13-9-11(18)7-8-15(13)25-2/h3-9,22H,1-2H3,(H,19,23)(H,21,24)/b20-10+. The molecular weight excluding hydrogens is 346 g/mol. The lowest BCUT2D eigenvalue weighted by atomic mass is 10.1. The lowest BCUT2D eigenvalue weighted by Crippen LogP contribution is -2.33. The molecule has 0 saturated carbocycles. The van der Waals surface area contributed by atoms with E-state index in [0.717, 1.165) is 0 Å². The van der Waals surface area contributed by atoms with Crippen molar-refractivity contribution in [3.05, 3.63) is 53.1 Å². The molecule has 0 heterocycles. The van der Waals surface area contributed by atoms with E-state index in [-0.39, 0.29) is 11.4 Å². The van der Waals surface area contributed by atoms with Gasteiger partial charge in [0.25, 0.3) is 0 Å². The highest BCUT2D eigenvalue weighted by molar-refractivity contribution is 6.40. The van der Waals surface area contributed by atoms with Crippen LogP contribution in [0.25, 0.3) is 0 Å². The molecule has 0 aliphatic rings. The van der Waals surface area contributed by atoms with E-state index >= 15 is 0 Å². The van der Waals surface area contributed by atoms with E-state index in [9.17, 15) is 14.7 Å². The van der Waals surface area contributed by atoms with Crippen LogP contribution in [0.1, 0.15) is 12.5 Å². The third-order valence-electron chi connectivity index (χ3n) is 3.23. The van der Waals surface area contributed by atoms with Gasteiger partial charge in [-0.15, -0.1) is 0 Å². The smallest absolute Gasteiger partial charge is 0.329 e. The second-order valence-corrected chi connectivity index (χ2v) is 5.39. The first-order chi connectivity index (χ1) is 11.9. The Bertz CT molecular complexity index is 836. The number of nitrogens with one attached hydrogen (secondary N) is 2. The molecule has 2 rings (SSSR count). The van der Waals surface area contributed by atoms with Crippen molar-refractivity contribution in [2.24, 2.45) is 5.10 Å². The molecule has 0 radical (unpaired) electrons. The number of phenols is 1. The van der Waals surface area contributed by atoms with Crippen molar-refractivity contribution in [1.29, 1.82) is 0 Å². The fourth-order valence-electron chi connectivity index (χ4n) is 1.98. The first-order valence-electron chi connectivity index (χ1n) is 7.20. The van der Waals surface area contributed by atoms with Crippen molar-refractivity contribution in [3.8, 4) is 11.5 Å². The van der Waals surface area contributed by atoms with Gasteiger partial charge in [-0.3, -0.25) is 9.59 Å². The van der Waals surface area contributed by atoms with Gasteiger partial charge in [0, 0.05) is 10.6 Å². The number of amides is 2. The Kier molecular flexibility index (Phi) is 5.97. The number of ether oxygens (including phenoxy) is 1. The zero-order valence-corrected chi connectivity index (χ0v) is 14.3. The van der Waals surface area contributed by atoms with Gasteiger partial charge >= 0.3 is 11.8 Å². The summed E-state index contributed by atoms with van der Waals surface area (Å²) in [6, 6.07) is 11.1. The zero-order valence-electron chi connectivity index (χ0n) is 13.5. The molecule has 0 aliphatic heterocycles. The maximum absolute atomic E-state index is 12.0. The summed E-state index contributed by atoms with van der Waals surface area (Å²) in [4.78, 5) is 23.9. The summed E-state index contributed by atoms with van der Waals surface area (Å²) in [7, 11) is 1.43. The molecule has 25 heavy (non-hydrogen) atoms. The first kappa shape index (κ1) is 18.3. The minimum atomic E-state index is -0.975. The number of hydrogen-bond donors (Lipinski definition) is 3. The Balaban J connectivity index is 2.06. The number of nitrogens with zero attached hydrogens (tertiary/aromatic N) is 1. The number of rotatable bonds is 4. The summed E-state index contributed by atoms with van der Waals surface area (Å²) in [6.07, 6.45) is 0. The molecule has 0 fully saturated rings. The van der Waals surface area contributed by atoms with Gasteiger partial charge in [-0.05, 0) is 37.3 Å². The van der Waals surface area contributed by atoms with E-state index in [1.54, 1.807) is 37.3 Å². The fourth-order valence-corrected chi connectivity index (χ4v) is 2.15. The normalized spacial score (nSPS) is 10.9. The molecule has 7 nitrogen and oxygen atoms in total. The number of anilines is 1. The quantitative estimate of drug-likeness (QED) is 0.442. The van der Waals surface area contributed by atoms with Gasteiger partial charge in [0.15, 0.2) is 0 Å². The third-order valence-corrected chi connectivity index (χ3v) is 3.47. The summed E-state index contributed by atoms with van der Waals surface area (Å²) in [5.41, 5.74) is 3.18. The molecule has 2 aromatic rings. The molecule has 2 aromatic carbocycles. The number of carbonyl (C=O) groups is 2. The molecule has 0 saturated heterocycles. The van der Waals surface area contributed by atoms with E-state index in [4.69, 9.17) is 16.3 Å². The predicted octanol–water partition coefficient (Wildman–Crippen LogP) is 2.53. The van der Waals surface area contributed by atoms with Crippen molar-refractivity contribution in [2.45, 2.75) is 6.92 Å². The van der Waals surface area contributed by atoms with Gasteiger partial charge in [0.2, 0.25) is 0 Å². The minimum absolute atomic E-state index is 0.0196. The highest BCUT2D eigenvalue weighted by Crippen LogP contribution is 2.27. The summed E-state index contributed by atoms with van der Waals surface area (Å²) in [5.74, 6) is -1.53. The molecule has 3 N–H and O–H groups in total. The van der Waals surface area contributed by atoms with Crippen LogP contribution in [0.5, 0.6) is 11.5 Å². The van der Waals surface area contributed by atoms with Crippen LogP contribution in [-0.2, 0) is 9.59 Å². The van der Waals surface area contributed by atoms with Gasteiger partial charge in [-0.2, -0.15) is 5.10 Å². The van der Waals surface area contributed by atoms with E-state index < -0.39 is 11.8 Å². The van der Waals surface area contributed by atoms with Crippen molar-refractivity contribution < 1.29 is 19.4 Å². The largest absolute Gasteiger partial charge is 0.507 e. The van der Waals surface area contributed by atoms with Crippen molar-refractivity contribution >= 4 is 34.8 Å². The maximum atomic E-state index is 12.0. The van der Waals surface area contributed by atoms with Crippen LogP contribution in [0.4, 0.5) is 5.69 Å². The minimum Gasteiger partial charge on any atom is -0.507 e. The summed E-state index contributed by atoms with van der Waals surface area (Å²) in [5, 5.41) is 16.3. The number of benzene rings is 2. The van der Waals surface area contributed by atoms with Gasteiger partial charge < -0.3 is 15.2 Å². The second kappa shape index (κ2) is 8.16. The second-order valence-electron chi connectivity index (χ2n) is 4.95. The number of para-hydroxylation sites is 1. The Morgan fingerprint density at radius 1 is 1.16 bits per heavy atom. The lowest BCUT2D eigenvalue weighted by molar-refractivity contribution is -0.136. The number of hydrazone groups is 1. The van der Waals surface area contributed by atoms with Gasteiger partial charge in [0.1, 0.15) is 11.5 Å². The molecule has 0 spiro atoms. The molecular formula is C17H16ClN3O4. The van der Waals surface area contributed by atoms with E-state index in [0.29, 0.717) is 22.0 Å².